The number of allylic oxidation sites excluding steroid dienone is 1. The molecule has 0 aromatic heterocycles. The fraction of sp³-hybridized carbons (Fsp3) is 0.0625. The lowest BCUT2D eigenvalue weighted by Gasteiger charge is -2.06. The Bertz CT molecular complexity index is 915. The van der Waals surface area contributed by atoms with Crippen LogP contribution in [0.4, 0.5) is 0 Å². The molecular formula is C16H11Cl2NO3S. The van der Waals surface area contributed by atoms with Gasteiger partial charge >= 0.3 is 0 Å². The third-order valence-corrected chi connectivity index (χ3v) is 5.19. The van der Waals surface area contributed by atoms with Gasteiger partial charge in [0.1, 0.15) is 16.7 Å². The first-order chi connectivity index (χ1) is 10.8. The van der Waals surface area contributed by atoms with E-state index in [1.54, 1.807) is 18.2 Å². The number of para-hydroxylation sites is 1. The maximum Gasteiger partial charge on any atom is 0.192 e. The van der Waals surface area contributed by atoms with Crippen LogP contribution in [-0.4, -0.2) is 13.5 Å². The molecule has 1 N–H and O–H groups in total. The third-order valence-electron chi connectivity index (χ3n) is 3.03. The molecule has 0 atom stereocenters. The molecule has 118 valence electrons. The predicted octanol–water partition coefficient (Wildman–Crippen LogP) is 4.18. The number of nitrogens with zero attached hydrogens (tertiary/aromatic N) is 1. The van der Waals surface area contributed by atoms with Crippen LogP contribution in [0.1, 0.15) is 11.1 Å². The number of sulfone groups is 1. The number of nitriles is 1. The van der Waals surface area contributed by atoms with E-state index in [9.17, 15) is 18.8 Å². The molecule has 0 aliphatic rings. The van der Waals surface area contributed by atoms with Gasteiger partial charge in [-0.25, -0.2) is 8.42 Å². The molecule has 0 saturated carbocycles. The van der Waals surface area contributed by atoms with Crippen LogP contribution in [0.2, 0.25) is 10.0 Å². The van der Waals surface area contributed by atoms with Crippen LogP contribution in [0.15, 0.2) is 47.4 Å². The average molecular weight is 368 g/mol. The lowest BCUT2D eigenvalue weighted by Crippen LogP contribution is -2.07. The summed E-state index contributed by atoms with van der Waals surface area (Å²) < 4.78 is 24.8. The van der Waals surface area contributed by atoms with Crippen LogP contribution in [0.3, 0.4) is 0 Å². The van der Waals surface area contributed by atoms with Crippen molar-refractivity contribution in [3.05, 3.63) is 68.5 Å². The zero-order valence-corrected chi connectivity index (χ0v) is 14.0. The lowest BCUT2D eigenvalue weighted by molar-refractivity contribution is 0.474. The molecule has 7 heteroatoms. The Hall–Kier alpha value is -2.00. The summed E-state index contributed by atoms with van der Waals surface area (Å²) in [6.07, 6.45) is 1.13. The fourth-order valence-corrected chi connectivity index (χ4v) is 3.68. The molecule has 2 aromatic rings. The molecule has 0 amide bonds. The number of phenolic OH excluding ortho intramolecular Hbond substituents is 1. The second-order valence-corrected chi connectivity index (χ2v) is 7.48. The number of halogens is 2. The topological polar surface area (TPSA) is 78.2 Å². The maximum atomic E-state index is 12.4. The van der Waals surface area contributed by atoms with Gasteiger partial charge in [-0.2, -0.15) is 5.26 Å². The molecule has 2 aromatic carbocycles. The van der Waals surface area contributed by atoms with Gasteiger partial charge in [0.25, 0.3) is 0 Å². The molecule has 0 saturated heterocycles. The van der Waals surface area contributed by atoms with Crippen molar-refractivity contribution in [2.24, 2.45) is 0 Å². The summed E-state index contributed by atoms with van der Waals surface area (Å²) >= 11 is 11.8. The molecule has 0 radical (unpaired) electrons. The Morgan fingerprint density at radius 3 is 2.52 bits per heavy atom. The molecule has 0 heterocycles. The summed E-state index contributed by atoms with van der Waals surface area (Å²) in [7, 11) is -3.91. The Morgan fingerprint density at radius 1 is 1.22 bits per heavy atom. The molecule has 4 nitrogen and oxygen atoms in total. The van der Waals surface area contributed by atoms with E-state index >= 15 is 0 Å². The normalized spacial score (nSPS) is 12.0. The average Bonchev–Trinajstić information content (AvgIpc) is 2.49. The Morgan fingerprint density at radius 2 is 1.91 bits per heavy atom. The van der Waals surface area contributed by atoms with Crippen molar-refractivity contribution in [3.8, 4) is 11.8 Å². The van der Waals surface area contributed by atoms with Crippen LogP contribution in [0, 0.1) is 11.3 Å². The van der Waals surface area contributed by atoms with Crippen molar-refractivity contribution < 1.29 is 13.5 Å². The van der Waals surface area contributed by atoms with Gasteiger partial charge < -0.3 is 5.11 Å². The Kier molecular flexibility index (Phi) is 5.32. The Labute approximate surface area is 144 Å². The quantitative estimate of drug-likeness (QED) is 0.822. The standard InChI is InChI=1S/C16H11Cl2NO3S/c17-13-6-5-12(15(18)8-13)10-23(21,22)14(9-19)7-11-3-1-2-4-16(11)20/h1-8,20H,10H2/b14-7+. The third kappa shape index (κ3) is 4.26. The number of phenols is 1. The van der Waals surface area contributed by atoms with Gasteiger partial charge in [-0.1, -0.05) is 47.5 Å². The molecule has 23 heavy (non-hydrogen) atoms. The molecule has 0 aliphatic carbocycles. The molecule has 2 rings (SSSR count). The number of aromatic hydroxyl groups is 1. The maximum absolute atomic E-state index is 12.4. The lowest BCUT2D eigenvalue weighted by atomic mass is 10.2. The molecule has 0 spiro atoms. The van der Waals surface area contributed by atoms with Crippen molar-refractivity contribution in [2.45, 2.75) is 5.75 Å². The second-order valence-electron chi connectivity index (χ2n) is 4.67. The predicted molar refractivity (Wildman–Crippen MR) is 90.8 cm³/mol. The SMILES string of the molecule is N#C/C(=C\c1ccccc1O)S(=O)(=O)Cc1ccc(Cl)cc1Cl. The van der Waals surface area contributed by atoms with Gasteiger partial charge in [0.15, 0.2) is 9.84 Å². The molecular weight excluding hydrogens is 357 g/mol. The minimum atomic E-state index is -3.91. The van der Waals surface area contributed by atoms with E-state index in [-0.39, 0.29) is 16.3 Å². The minimum Gasteiger partial charge on any atom is -0.507 e. The van der Waals surface area contributed by atoms with Gasteiger partial charge in [-0.05, 0) is 29.8 Å². The van der Waals surface area contributed by atoms with E-state index in [1.165, 1.54) is 30.3 Å². The number of benzene rings is 2. The zero-order chi connectivity index (χ0) is 17.0. The summed E-state index contributed by atoms with van der Waals surface area (Å²) in [5.41, 5.74) is 0.587. The number of hydrogen-bond acceptors (Lipinski definition) is 4. The monoisotopic (exact) mass is 367 g/mol. The van der Waals surface area contributed by atoms with Gasteiger partial charge in [-0.3, -0.25) is 0 Å². The van der Waals surface area contributed by atoms with E-state index < -0.39 is 20.5 Å². The largest absolute Gasteiger partial charge is 0.507 e. The fourth-order valence-electron chi connectivity index (χ4n) is 1.86. The van der Waals surface area contributed by atoms with E-state index in [1.807, 2.05) is 0 Å². The van der Waals surface area contributed by atoms with E-state index in [0.717, 1.165) is 6.08 Å². The minimum absolute atomic E-state index is 0.111. The van der Waals surface area contributed by atoms with Gasteiger partial charge in [-0.15, -0.1) is 0 Å². The number of rotatable bonds is 4. The second kappa shape index (κ2) is 7.05. The van der Waals surface area contributed by atoms with Crippen molar-refractivity contribution in [3.63, 3.8) is 0 Å². The first kappa shape index (κ1) is 17.4. The van der Waals surface area contributed by atoms with Gasteiger partial charge in [0.2, 0.25) is 0 Å². The number of hydrogen-bond donors (Lipinski definition) is 1. The summed E-state index contributed by atoms with van der Waals surface area (Å²) in [6, 6.07) is 12.3. The summed E-state index contributed by atoms with van der Waals surface area (Å²) in [5.74, 6) is -0.546. The highest BCUT2D eigenvalue weighted by molar-refractivity contribution is 7.95. The first-order valence-corrected chi connectivity index (χ1v) is 8.81. The van der Waals surface area contributed by atoms with Gasteiger partial charge in [0.05, 0.1) is 5.75 Å². The van der Waals surface area contributed by atoms with Crippen LogP contribution in [0.25, 0.3) is 6.08 Å². The Balaban J connectivity index is 2.41. The highest BCUT2D eigenvalue weighted by Gasteiger charge is 2.20. The van der Waals surface area contributed by atoms with Crippen molar-refractivity contribution in [1.29, 1.82) is 5.26 Å². The highest BCUT2D eigenvalue weighted by atomic mass is 35.5. The summed E-state index contributed by atoms with van der Waals surface area (Å²) in [4.78, 5) is -0.454. The highest BCUT2D eigenvalue weighted by Crippen LogP contribution is 2.26. The summed E-state index contributed by atoms with van der Waals surface area (Å²) in [6.45, 7) is 0. The van der Waals surface area contributed by atoms with Gasteiger partial charge in [0, 0.05) is 15.6 Å². The van der Waals surface area contributed by atoms with Crippen LogP contribution >= 0.6 is 23.2 Å². The molecule has 0 aliphatic heterocycles. The summed E-state index contributed by atoms with van der Waals surface area (Å²) in [5, 5.41) is 19.5. The van der Waals surface area contributed by atoms with E-state index in [4.69, 9.17) is 23.2 Å². The van der Waals surface area contributed by atoms with E-state index in [2.05, 4.69) is 0 Å². The molecule has 0 fully saturated rings. The van der Waals surface area contributed by atoms with Crippen molar-refractivity contribution >= 4 is 39.1 Å². The molecule has 0 unspecified atom stereocenters. The van der Waals surface area contributed by atoms with E-state index in [0.29, 0.717) is 10.6 Å². The first-order valence-electron chi connectivity index (χ1n) is 6.40. The van der Waals surface area contributed by atoms with Crippen molar-refractivity contribution in [1.82, 2.24) is 0 Å². The van der Waals surface area contributed by atoms with Crippen molar-refractivity contribution in [2.75, 3.05) is 0 Å². The molecule has 0 bridgehead atoms. The van der Waals surface area contributed by atoms with Crippen LogP contribution in [-0.2, 0) is 15.6 Å². The van der Waals surface area contributed by atoms with Crippen LogP contribution in [0.5, 0.6) is 5.75 Å². The zero-order valence-electron chi connectivity index (χ0n) is 11.7. The van der Waals surface area contributed by atoms with Crippen LogP contribution < -0.4 is 0 Å². The smallest absolute Gasteiger partial charge is 0.192 e.